The molecule has 1 unspecified atom stereocenters. The van der Waals surface area contributed by atoms with Gasteiger partial charge in [-0.25, -0.2) is 0 Å². The lowest BCUT2D eigenvalue weighted by atomic mass is 10.2. The van der Waals surface area contributed by atoms with Crippen molar-refractivity contribution in [2.24, 2.45) is 0 Å². The van der Waals surface area contributed by atoms with E-state index < -0.39 is 0 Å². The molecule has 82 valence electrons. The number of nitrogens with one attached hydrogen (secondary N) is 1. The first-order valence-corrected chi connectivity index (χ1v) is 5.89. The molecule has 1 N–H and O–H groups in total. The zero-order chi connectivity index (χ0) is 11.4. The summed E-state index contributed by atoms with van der Waals surface area (Å²) in [6.45, 7) is 5.73. The van der Waals surface area contributed by atoms with Gasteiger partial charge in [0, 0.05) is 11.0 Å². The van der Waals surface area contributed by atoms with Crippen LogP contribution in [0.1, 0.15) is 31.7 Å². The molecular formula is C11H14ClNOS. The van der Waals surface area contributed by atoms with E-state index in [0.29, 0.717) is 0 Å². The van der Waals surface area contributed by atoms with Crippen molar-refractivity contribution in [3.05, 3.63) is 33.0 Å². The number of halogens is 1. The van der Waals surface area contributed by atoms with Crippen LogP contribution in [0.3, 0.4) is 0 Å². The average Bonchev–Trinajstić information content (AvgIpc) is 2.49. The molecule has 0 saturated heterocycles. The fraction of sp³-hybridized carbons (Fsp3) is 0.364. The molecule has 1 aromatic rings. The zero-order valence-electron chi connectivity index (χ0n) is 9.00. The number of amides is 1. The van der Waals surface area contributed by atoms with E-state index in [1.807, 2.05) is 32.9 Å². The molecule has 0 spiro atoms. The van der Waals surface area contributed by atoms with Crippen LogP contribution in [-0.4, -0.2) is 5.91 Å². The fourth-order valence-electron chi connectivity index (χ4n) is 1.15. The highest BCUT2D eigenvalue weighted by molar-refractivity contribution is 7.16. The van der Waals surface area contributed by atoms with Gasteiger partial charge in [0.2, 0.25) is 5.91 Å². The van der Waals surface area contributed by atoms with E-state index in [4.69, 9.17) is 11.6 Å². The number of carbonyl (C=O) groups is 1. The van der Waals surface area contributed by atoms with Crippen LogP contribution < -0.4 is 5.32 Å². The predicted molar refractivity (Wildman–Crippen MR) is 65.3 cm³/mol. The van der Waals surface area contributed by atoms with Crippen LogP contribution in [0.25, 0.3) is 0 Å². The van der Waals surface area contributed by atoms with Gasteiger partial charge in [0.1, 0.15) is 0 Å². The van der Waals surface area contributed by atoms with Crippen molar-refractivity contribution in [2.75, 3.05) is 0 Å². The van der Waals surface area contributed by atoms with Gasteiger partial charge < -0.3 is 5.32 Å². The third kappa shape index (κ3) is 4.06. The predicted octanol–water partition coefficient (Wildman–Crippen LogP) is 3.54. The summed E-state index contributed by atoms with van der Waals surface area (Å²) >= 11 is 7.31. The van der Waals surface area contributed by atoms with E-state index in [-0.39, 0.29) is 11.9 Å². The van der Waals surface area contributed by atoms with Crippen molar-refractivity contribution >= 4 is 28.8 Å². The van der Waals surface area contributed by atoms with Gasteiger partial charge >= 0.3 is 0 Å². The number of allylic oxidation sites excluding steroid dienone is 1. The molecule has 0 aliphatic carbocycles. The molecule has 15 heavy (non-hydrogen) atoms. The minimum absolute atomic E-state index is 0.00519. The first-order valence-electron chi connectivity index (χ1n) is 4.69. The molecule has 0 bridgehead atoms. The molecule has 0 aromatic carbocycles. The highest BCUT2D eigenvalue weighted by Gasteiger charge is 2.09. The molecule has 0 aliphatic rings. The van der Waals surface area contributed by atoms with Crippen LogP contribution in [0.2, 0.25) is 4.34 Å². The van der Waals surface area contributed by atoms with Crippen molar-refractivity contribution in [1.29, 1.82) is 0 Å². The molecule has 2 nitrogen and oxygen atoms in total. The van der Waals surface area contributed by atoms with Crippen molar-refractivity contribution in [1.82, 2.24) is 5.32 Å². The van der Waals surface area contributed by atoms with Gasteiger partial charge in [0.25, 0.3) is 0 Å². The number of hydrogen-bond donors (Lipinski definition) is 1. The lowest BCUT2D eigenvalue weighted by molar-refractivity contribution is -0.117. The molecule has 0 saturated carbocycles. The zero-order valence-corrected chi connectivity index (χ0v) is 10.6. The van der Waals surface area contributed by atoms with E-state index >= 15 is 0 Å². The highest BCUT2D eigenvalue weighted by atomic mass is 35.5. The molecule has 0 aliphatic heterocycles. The molecule has 0 fully saturated rings. The van der Waals surface area contributed by atoms with Gasteiger partial charge in [0.15, 0.2) is 0 Å². The van der Waals surface area contributed by atoms with Gasteiger partial charge in [-0.3, -0.25) is 4.79 Å². The average molecular weight is 244 g/mol. The maximum Gasteiger partial charge on any atom is 0.244 e. The second-order valence-corrected chi connectivity index (χ2v) is 5.34. The van der Waals surface area contributed by atoms with Crippen LogP contribution in [0.4, 0.5) is 0 Å². The largest absolute Gasteiger partial charge is 0.345 e. The Morgan fingerprint density at radius 1 is 1.53 bits per heavy atom. The maximum atomic E-state index is 11.4. The Labute approximate surface area is 99.0 Å². The van der Waals surface area contributed by atoms with Crippen molar-refractivity contribution in [3.8, 4) is 0 Å². The van der Waals surface area contributed by atoms with Crippen LogP contribution in [0.15, 0.2) is 23.8 Å². The normalized spacial score (nSPS) is 12.0. The van der Waals surface area contributed by atoms with Crippen LogP contribution in [0, 0.1) is 0 Å². The third-order valence-electron chi connectivity index (χ3n) is 1.80. The molecule has 0 radical (unpaired) electrons. The smallest absolute Gasteiger partial charge is 0.244 e. The number of thiophene rings is 1. The summed E-state index contributed by atoms with van der Waals surface area (Å²) in [7, 11) is 0. The Morgan fingerprint density at radius 2 is 2.20 bits per heavy atom. The summed E-state index contributed by atoms with van der Waals surface area (Å²) in [6.07, 6.45) is 1.59. The summed E-state index contributed by atoms with van der Waals surface area (Å²) in [5.74, 6) is -0.0629. The Kier molecular flexibility index (Phi) is 4.36. The quantitative estimate of drug-likeness (QED) is 0.809. The van der Waals surface area contributed by atoms with Crippen molar-refractivity contribution < 1.29 is 4.79 Å². The Hall–Kier alpha value is -0.800. The number of rotatable bonds is 3. The molecule has 1 aromatic heterocycles. The molecule has 1 atom stereocenters. The number of hydrogen-bond acceptors (Lipinski definition) is 2. The van der Waals surface area contributed by atoms with E-state index in [1.165, 1.54) is 11.3 Å². The Morgan fingerprint density at radius 3 is 2.67 bits per heavy atom. The molecule has 1 heterocycles. The lowest BCUT2D eigenvalue weighted by Gasteiger charge is -2.10. The van der Waals surface area contributed by atoms with Crippen LogP contribution in [-0.2, 0) is 4.79 Å². The minimum atomic E-state index is -0.0629. The van der Waals surface area contributed by atoms with Gasteiger partial charge in [-0.15, -0.1) is 11.3 Å². The van der Waals surface area contributed by atoms with Crippen LogP contribution >= 0.6 is 22.9 Å². The molecule has 4 heteroatoms. The highest BCUT2D eigenvalue weighted by Crippen LogP contribution is 2.26. The summed E-state index contributed by atoms with van der Waals surface area (Å²) in [6, 6.07) is 3.77. The summed E-state index contributed by atoms with van der Waals surface area (Å²) < 4.78 is 0.744. The van der Waals surface area contributed by atoms with E-state index in [0.717, 1.165) is 14.8 Å². The maximum absolute atomic E-state index is 11.4. The van der Waals surface area contributed by atoms with Gasteiger partial charge in [-0.05, 0) is 32.9 Å². The second kappa shape index (κ2) is 5.33. The van der Waals surface area contributed by atoms with Gasteiger partial charge in [-0.2, -0.15) is 0 Å². The fourth-order valence-corrected chi connectivity index (χ4v) is 2.21. The van der Waals surface area contributed by atoms with Gasteiger partial charge in [-0.1, -0.05) is 17.2 Å². The SMILES string of the molecule is CC(C)=CC(=O)NC(C)c1ccc(Cl)s1. The lowest BCUT2D eigenvalue weighted by Crippen LogP contribution is -2.24. The first-order chi connectivity index (χ1) is 6.99. The van der Waals surface area contributed by atoms with Crippen LogP contribution in [0.5, 0.6) is 0 Å². The Bertz CT molecular complexity index is 380. The van der Waals surface area contributed by atoms with E-state index in [9.17, 15) is 4.79 Å². The summed E-state index contributed by atoms with van der Waals surface area (Å²) in [5, 5.41) is 2.88. The van der Waals surface area contributed by atoms with Crippen molar-refractivity contribution in [3.63, 3.8) is 0 Å². The molecule has 1 amide bonds. The van der Waals surface area contributed by atoms with Gasteiger partial charge in [0.05, 0.1) is 10.4 Å². The summed E-state index contributed by atoms with van der Waals surface area (Å²) in [5.41, 5.74) is 0.990. The first kappa shape index (κ1) is 12.3. The molecule has 1 rings (SSSR count). The van der Waals surface area contributed by atoms with E-state index in [1.54, 1.807) is 6.08 Å². The van der Waals surface area contributed by atoms with E-state index in [2.05, 4.69) is 5.32 Å². The van der Waals surface area contributed by atoms with Crippen molar-refractivity contribution in [2.45, 2.75) is 26.8 Å². The minimum Gasteiger partial charge on any atom is -0.345 e. The monoisotopic (exact) mass is 243 g/mol. The number of carbonyl (C=O) groups excluding carboxylic acids is 1. The second-order valence-electron chi connectivity index (χ2n) is 3.59. The topological polar surface area (TPSA) is 29.1 Å². The summed E-state index contributed by atoms with van der Waals surface area (Å²) in [4.78, 5) is 12.5. The third-order valence-corrected chi connectivity index (χ3v) is 3.21. The molecular weight excluding hydrogens is 230 g/mol. The standard InChI is InChI=1S/C11H14ClNOS/c1-7(2)6-11(14)13-8(3)9-4-5-10(12)15-9/h4-6,8H,1-3H3,(H,13,14). The Balaban J connectivity index is 2.60.